The average molecular weight is 275 g/mol. The maximum atomic E-state index is 12.4. The Morgan fingerprint density at radius 2 is 2.11 bits per heavy atom. The largest absolute Gasteiger partial charge is 0.370 e. The molecule has 1 N–H and O–H groups in total. The molecule has 1 aromatic carbocycles. The Labute approximate surface area is 115 Å². The van der Waals surface area contributed by atoms with Gasteiger partial charge in [0.25, 0.3) is 5.91 Å². The van der Waals surface area contributed by atoms with Crippen molar-refractivity contribution < 1.29 is 9.90 Å². The number of benzene rings is 1. The number of nitrogens with zero attached hydrogens (tertiary/aromatic N) is 2. The molecule has 1 aromatic heterocycles. The highest BCUT2D eigenvalue weighted by molar-refractivity contribution is 6.30. The van der Waals surface area contributed by atoms with Gasteiger partial charge in [-0.05, 0) is 24.3 Å². The molecule has 0 spiro atoms. The number of aliphatic hydroxyl groups is 1. The average Bonchev–Trinajstić information content (AvgIpc) is 2.63. The standard InChI is InChI=1S/C14H11ClN2O2/c1-17-11-6-3-7-16-12(11)14(19,13(17)18)9-4-2-5-10(15)8-9/h2-8,19H,1H3/t14-/m1/s1. The first-order valence-corrected chi connectivity index (χ1v) is 6.15. The zero-order valence-electron chi connectivity index (χ0n) is 10.2. The smallest absolute Gasteiger partial charge is 0.269 e. The predicted molar refractivity (Wildman–Crippen MR) is 72.1 cm³/mol. The Kier molecular flexibility index (Phi) is 2.59. The van der Waals surface area contributed by atoms with E-state index in [1.54, 1.807) is 49.6 Å². The van der Waals surface area contributed by atoms with Gasteiger partial charge < -0.3 is 10.0 Å². The second kappa shape index (κ2) is 4.05. The third kappa shape index (κ3) is 1.57. The number of rotatable bonds is 1. The summed E-state index contributed by atoms with van der Waals surface area (Å²) in [6.07, 6.45) is 1.56. The molecular weight excluding hydrogens is 264 g/mol. The maximum absolute atomic E-state index is 12.4. The fourth-order valence-corrected chi connectivity index (χ4v) is 2.56. The van der Waals surface area contributed by atoms with Crippen molar-refractivity contribution in [3.63, 3.8) is 0 Å². The van der Waals surface area contributed by atoms with Crippen molar-refractivity contribution in [1.29, 1.82) is 0 Å². The number of carbonyl (C=O) groups is 1. The molecule has 1 aliphatic rings. The SMILES string of the molecule is CN1C(=O)[C@@](O)(c2cccc(Cl)c2)c2ncccc21. The van der Waals surface area contributed by atoms with E-state index in [4.69, 9.17) is 11.6 Å². The number of likely N-dealkylation sites (N-methyl/N-ethyl adjacent to an activating group) is 1. The zero-order chi connectivity index (χ0) is 13.6. The maximum Gasteiger partial charge on any atom is 0.269 e. The van der Waals surface area contributed by atoms with Crippen molar-refractivity contribution >= 4 is 23.2 Å². The summed E-state index contributed by atoms with van der Waals surface area (Å²) in [5.74, 6) is -0.427. The lowest BCUT2D eigenvalue weighted by atomic mass is 9.91. The molecule has 1 atom stereocenters. The van der Waals surface area contributed by atoms with E-state index in [9.17, 15) is 9.90 Å². The van der Waals surface area contributed by atoms with Gasteiger partial charge >= 0.3 is 0 Å². The van der Waals surface area contributed by atoms with Crippen molar-refractivity contribution in [2.24, 2.45) is 0 Å². The van der Waals surface area contributed by atoms with Gasteiger partial charge in [0.15, 0.2) is 0 Å². The Bertz CT molecular complexity index is 674. The van der Waals surface area contributed by atoms with Gasteiger partial charge in [-0.2, -0.15) is 0 Å². The van der Waals surface area contributed by atoms with Gasteiger partial charge in [0, 0.05) is 23.8 Å². The van der Waals surface area contributed by atoms with Crippen LogP contribution < -0.4 is 4.90 Å². The quantitative estimate of drug-likeness (QED) is 0.865. The minimum atomic E-state index is -1.77. The fourth-order valence-electron chi connectivity index (χ4n) is 2.37. The number of carbonyl (C=O) groups excluding carboxylic acids is 1. The molecule has 0 aliphatic carbocycles. The summed E-state index contributed by atoms with van der Waals surface area (Å²) < 4.78 is 0. The highest BCUT2D eigenvalue weighted by Gasteiger charge is 2.51. The highest BCUT2D eigenvalue weighted by Crippen LogP contribution is 2.42. The minimum Gasteiger partial charge on any atom is -0.370 e. The molecule has 96 valence electrons. The Hall–Kier alpha value is -1.91. The first-order valence-electron chi connectivity index (χ1n) is 5.77. The number of pyridine rings is 1. The molecule has 0 saturated heterocycles. The molecular formula is C14H11ClN2O2. The number of aromatic nitrogens is 1. The summed E-state index contributed by atoms with van der Waals surface area (Å²) in [6.45, 7) is 0. The topological polar surface area (TPSA) is 53.4 Å². The van der Waals surface area contributed by atoms with E-state index in [-0.39, 0.29) is 0 Å². The van der Waals surface area contributed by atoms with Crippen LogP contribution >= 0.6 is 11.6 Å². The van der Waals surface area contributed by atoms with Crippen LogP contribution in [0, 0.1) is 0 Å². The summed E-state index contributed by atoms with van der Waals surface area (Å²) in [4.78, 5) is 18.0. The molecule has 2 aromatic rings. The van der Waals surface area contributed by atoms with Crippen molar-refractivity contribution in [1.82, 2.24) is 4.98 Å². The number of hydrogen-bond acceptors (Lipinski definition) is 3. The summed E-state index contributed by atoms with van der Waals surface area (Å²) in [5, 5.41) is 11.3. The third-order valence-corrected chi connectivity index (χ3v) is 3.58. The normalized spacial score (nSPS) is 21.6. The Morgan fingerprint density at radius 1 is 1.32 bits per heavy atom. The molecule has 4 nitrogen and oxygen atoms in total. The van der Waals surface area contributed by atoms with Crippen molar-refractivity contribution in [3.8, 4) is 0 Å². The van der Waals surface area contributed by atoms with Gasteiger partial charge in [0.2, 0.25) is 5.60 Å². The fraction of sp³-hybridized carbons (Fsp3) is 0.143. The first kappa shape index (κ1) is 12.1. The third-order valence-electron chi connectivity index (χ3n) is 3.35. The van der Waals surface area contributed by atoms with E-state index in [0.717, 1.165) is 0 Å². The monoisotopic (exact) mass is 274 g/mol. The van der Waals surface area contributed by atoms with Gasteiger partial charge in [0.1, 0.15) is 5.69 Å². The molecule has 0 unspecified atom stereocenters. The summed E-state index contributed by atoms with van der Waals surface area (Å²) >= 11 is 5.94. The van der Waals surface area contributed by atoms with Crippen LogP contribution in [0.5, 0.6) is 0 Å². The van der Waals surface area contributed by atoms with Crippen LogP contribution in [0.4, 0.5) is 5.69 Å². The van der Waals surface area contributed by atoms with Gasteiger partial charge in [0.05, 0.1) is 5.69 Å². The van der Waals surface area contributed by atoms with Crippen LogP contribution in [0.15, 0.2) is 42.6 Å². The van der Waals surface area contributed by atoms with Gasteiger partial charge in [-0.3, -0.25) is 9.78 Å². The minimum absolute atomic E-state index is 0.338. The van der Waals surface area contributed by atoms with Crippen LogP contribution in [-0.2, 0) is 10.4 Å². The van der Waals surface area contributed by atoms with Crippen LogP contribution in [0.2, 0.25) is 5.02 Å². The molecule has 1 amide bonds. The predicted octanol–water partition coefficient (Wildman–Crippen LogP) is 1.95. The van der Waals surface area contributed by atoms with Gasteiger partial charge in [-0.25, -0.2) is 0 Å². The molecule has 3 rings (SSSR count). The molecule has 0 bridgehead atoms. The van der Waals surface area contributed by atoms with E-state index >= 15 is 0 Å². The van der Waals surface area contributed by atoms with E-state index in [1.165, 1.54) is 4.90 Å². The van der Waals surface area contributed by atoms with E-state index in [0.29, 0.717) is 22.0 Å². The Balaban J connectivity index is 2.27. The molecule has 5 heteroatoms. The Morgan fingerprint density at radius 3 is 2.84 bits per heavy atom. The first-order chi connectivity index (χ1) is 9.05. The number of hydrogen-bond donors (Lipinski definition) is 1. The molecule has 0 saturated carbocycles. The lowest BCUT2D eigenvalue weighted by Gasteiger charge is -2.21. The van der Waals surface area contributed by atoms with E-state index < -0.39 is 11.5 Å². The highest BCUT2D eigenvalue weighted by atomic mass is 35.5. The summed E-state index contributed by atoms with van der Waals surface area (Å²) in [7, 11) is 1.62. The number of fused-ring (bicyclic) bond motifs is 1. The van der Waals surface area contributed by atoms with E-state index in [2.05, 4.69) is 4.98 Å². The van der Waals surface area contributed by atoms with Gasteiger partial charge in [-0.15, -0.1) is 0 Å². The lowest BCUT2D eigenvalue weighted by Crippen LogP contribution is -2.39. The number of anilines is 1. The molecule has 19 heavy (non-hydrogen) atoms. The molecule has 0 fully saturated rings. The van der Waals surface area contributed by atoms with Crippen molar-refractivity contribution in [2.75, 3.05) is 11.9 Å². The molecule has 1 aliphatic heterocycles. The zero-order valence-corrected chi connectivity index (χ0v) is 10.9. The van der Waals surface area contributed by atoms with E-state index in [1.807, 2.05) is 0 Å². The molecule has 0 radical (unpaired) electrons. The second-order valence-electron chi connectivity index (χ2n) is 4.46. The summed E-state index contributed by atoms with van der Waals surface area (Å²) in [5.41, 5.74) is -0.398. The van der Waals surface area contributed by atoms with Crippen LogP contribution in [0.3, 0.4) is 0 Å². The lowest BCUT2D eigenvalue weighted by molar-refractivity contribution is -0.132. The molecule has 2 heterocycles. The van der Waals surface area contributed by atoms with Crippen molar-refractivity contribution in [2.45, 2.75) is 5.60 Å². The van der Waals surface area contributed by atoms with Crippen LogP contribution in [0.1, 0.15) is 11.3 Å². The van der Waals surface area contributed by atoms with Gasteiger partial charge in [-0.1, -0.05) is 23.7 Å². The second-order valence-corrected chi connectivity index (χ2v) is 4.89. The van der Waals surface area contributed by atoms with Crippen LogP contribution in [0.25, 0.3) is 0 Å². The van der Waals surface area contributed by atoms with Crippen molar-refractivity contribution in [3.05, 3.63) is 58.9 Å². The number of halogens is 1. The number of amides is 1. The summed E-state index contributed by atoms with van der Waals surface area (Å²) in [6, 6.07) is 10.1. The van der Waals surface area contributed by atoms with Crippen LogP contribution in [-0.4, -0.2) is 23.0 Å².